The molecule has 1 saturated heterocycles. The highest BCUT2D eigenvalue weighted by molar-refractivity contribution is 5.95. The molecule has 5 nitrogen and oxygen atoms in total. The number of carbonyl (C=O) groups is 1. The molecule has 136 valence electrons. The summed E-state index contributed by atoms with van der Waals surface area (Å²) in [6.07, 6.45) is 1.99. The van der Waals surface area contributed by atoms with Crippen molar-refractivity contribution in [3.05, 3.63) is 23.8 Å². The number of carbonyl (C=O) groups excluding carboxylic acids is 1. The fraction of sp³-hybridized carbons (Fsp3) is 0.611. The summed E-state index contributed by atoms with van der Waals surface area (Å²) >= 11 is 0. The van der Waals surface area contributed by atoms with Gasteiger partial charge in [0.05, 0.1) is 13.7 Å². The molecule has 1 N–H and O–H groups in total. The van der Waals surface area contributed by atoms with Gasteiger partial charge in [-0.2, -0.15) is 0 Å². The van der Waals surface area contributed by atoms with Crippen LogP contribution in [0, 0.1) is 5.92 Å². The molecule has 1 aliphatic rings. The van der Waals surface area contributed by atoms with Gasteiger partial charge in [0.15, 0.2) is 11.5 Å². The molecule has 0 atom stereocenters. The minimum Gasteiger partial charge on any atom is -0.493 e. The van der Waals surface area contributed by atoms with Crippen molar-refractivity contribution < 1.29 is 14.3 Å². The first-order valence-electron chi connectivity index (χ1n) is 8.31. The first-order chi connectivity index (χ1) is 11.0. The number of methoxy groups -OCH3 is 1. The topological polar surface area (TPSA) is 50.8 Å². The number of piperidine rings is 1. The third-order valence-corrected chi connectivity index (χ3v) is 4.16. The van der Waals surface area contributed by atoms with Gasteiger partial charge in [-0.15, -0.1) is 12.4 Å². The number of amides is 1. The van der Waals surface area contributed by atoms with E-state index in [1.54, 1.807) is 13.2 Å². The Morgan fingerprint density at radius 2 is 1.96 bits per heavy atom. The van der Waals surface area contributed by atoms with Crippen LogP contribution in [0.4, 0.5) is 0 Å². The van der Waals surface area contributed by atoms with E-state index in [4.69, 9.17) is 9.47 Å². The third-order valence-electron chi connectivity index (χ3n) is 4.16. The van der Waals surface area contributed by atoms with Crippen LogP contribution in [0.15, 0.2) is 18.2 Å². The summed E-state index contributed by atoms with van der Waals surface area (Å²) in [4.78, 5) is 14.6. The van der Waals surface area contributed by atoms with E-state index in [9.17, 15) is 4.79 Å². The molecule has 1 aromatic carbocycles. The lowest BCUT2D eigenvalue weighted by molar-refractivity contribution is 0.0703. The average molecular weight is 357 g/mol. The SMILES string of the molecule is COc1cc(C(=O)N(C)C2CCNCC2)ccc1OCC(C)C.Cl. The number of hydrogen-bond acceptors (Lipinski definition) is 4. The molecule has 24 heavy (non-hydrogen) atoms. The average Bonchev–Trinajstić information content (AvgIpc) is 2.59. The fourth-order valence-corrected chi connectivity index (χ4v) is 2.74. The van der Waals surface area contributed by atoms with Gasteiger partial charge in [0.1, 0.15) is 0 Å². The molecule has 0 spiro atoms. The minimum atomic E-state index is 0. The molecule has 0 aliphatic carbocycles. The van der Waals surface area contributed by atoms with E-state index >= 15 is 0 Å². The van der Waals surface area contributed by atoms with E-state index in [1.807, 2.05) is 24.1 Å². The van der Waals surface area contributed by atoms with E-state index in [1.165, 1.54) is 0 Å². The Labute approximate surface area is 151 Å². The zero-order chi connectivity index (χ0) is 16.8. The van der Waals surface area contributed by atoms with Gasteiger partial charge in [-0.05, 0) is 50.0 Å². The quantitative estimate of drug-likeness (QED) is 0.851. The van der Waals surface area contributed by atoms with Crippen molar-refractivity contribution in [3.63, 3.8) is 0 Å². The van der Waals surface area contributed by atoms with Gasteiger partial charge < -0.3 is 19.7 Å². The molecular weight excluding hydrogens is 328 g/mol. The summed E-state index contributed by atoms with van der Waals surface area (Å²) < 4.78 is 11.1. The Bertz CT molecular complexity index is 531. The maximum atomic E-state index is 12.7. The molecule has 1 aliphatic heterocycles. The molecular formula is C18H29ClN2O3. The molecule has 1 aromatic rings. The van der Waals surface area contributed by atoms with Crippen molar-refractivity contribution in [3.8, 4) is 11.5 Å². The van der Waals surface area contributed by atoms with E-state index in [0.717, 1.165) is 25.9 Å². The summed E-state index contributed by atoms with van der Waals surface area (Å²) in [5.74, 6) is 1.76. The molecule has 0 aromatic heterocycles. The van der Waals surface area contributed by atoms with E-state index < -0.39 is 0 Å². The van der Waals surface area contributed by atoms with Crippen molar-refractivity contribution >= 4 is 18.3 Å². The summed E-state index contributed by atoms with van der Waals surface area (Å²) in [6.45, 7) is 6.75. The Hall–Kier alpha value is -1.46. The maximum Gasteiger partial charge on any atom is 0.253 e. The monoisotopic (exact) mass is 356 g/mol. The van der Waals surface area contributed by atoms with Crippen molar-refractivity contribution in [2.75, 3.05) is 33.9 Å². The van der Waals surface area contributed by atoms with Crippen LogP contribution in [0.2, 0.25) is 0 Å². The molecule has 2 rings (SSSR count). The third kappa shape index (κ3) is 5.28. The highest BCUT2D eigenvalue weighted by Gasteiger charge is 2.23. The smallest absolute Gasteiger partial charge is 0.253 e. The number of ether oxygens (including phenoxy) is 2. The van der Waals surface area contributed by atoms with Crippen LogP contribution in [0.1, 0.15) is 37.0 Å². The van der Waals surface area contributed by atoms with Crippen LogP contribution in [0.3, 0.4) is 0 Å². The Kier molecular flexibility index (Phi) is 8.36. The molecule has 0 unspecified atom stereocenters. The maximum absolute atomic E-state index is 12.7. The van der Waals surface area contributed by atoms with Crippen LogP contribution in [-0.2, 0) is 0 Å². The normalized spacial score (nSPS) is 14.9. The van der Waals surface area contributed by atoms with Gasteiger partial charge in [-0.1, -0.05) is 13.8 Å². The second-order valence-electron chi connectivity index (χ2n) is 6.47. The number of halogens is 1. The van der Waals surface area contributed by atoms with E-state index in [0.29, 0.717) is 35.6 Å². The number of hydrogen-bond donors (Lipinski definition) is 1. The highest BCUT2D eigenvalue weighted by Crippen LogP contribution is 2.29. The first-order valence-corrected chi connectivity index (χ1v) is 8.31. The second kappa shape index (κ2) is 9.74. The lowest BCUT2D eigenvalue weighted by atomic mass is 10.0. The fourth-order valence-electron chi connectivity index (χ4n) is 2.74. The molecule has 0 bridgehead atoms. The van der Waals surface area contributed by atoms with Crippen LogP contribution >= 0.6 is 12.4 Å². The lowest BCUT2D eigenvalue weighted by Crippen LogP contribution is -2.43. The molecule has 1 fully saturated rings. The molecule has 1 heterocycles. The number of benzene rings is 1. The highest BCUT2D eigenvalue weighted by atomic mass is 35.5. The predicted molar refractivity (Wildman–Crippen MR) is 98.6 cm³/mol. The first kappa shape index (κ1) is 20.6. The largest absolute Gasteiger partial charge is 0.493 e. The summed E-state index contributed by atoms with van der Waals surface area (Å²) in [5.41, 5.74) is 0.639. The molecule has 1 amide bonds. The summed E-state index contributed by atoms with van der Waals surface area (Å²) in [5, 5.41) is 3.32. The van der Waals surface area contributed by atoms with Crippen molar-refractivity contribution in [1.29, 1.82) is 0 Å². The van der Waals surface area contributed by atoms with Crippen LogP contribution in [0.5, 0.6) is 11.5 Å². The van der Waals surface area contributed by atoms with Crippen LogP contribution in [0.25, 0.3) is 0 Å². The number of rotatable bonds is 6. The standard InChI is InChI=1S/C18H28N2O3.ClH/c1-13(2)12-23-16-6-5-14(11-17(16)22-4)18(21)20(3)15-7-9-19-10-8-15;/h5-6,11,13,15,19H,7-10,12H2,1-4H3;1H. The van der Waals surface area contributed by atoms with Gasteiger partial charge in [-0.3, -0.25) is 4.79 Å². The molecule has 0 saturated carbocycles. The van der Waals surface area contributed by atoms with Gasteiger partial charge in [0.2, 0.25) is 0 Å². The van der Waals surface area contributed by atoms with Gasteiger partial charge in [0, 0.05) is 18.7 Å². The lowest BCUT2D eigenvalue weighted by Gasteiger charge is -2.31. The Balaban J connectivity index is 0.00000288. The second-order valence-corrected chi connectivity index (χ2v) is 6.47. The summed E-state index contributed by atoms with van der Waals surface area (Å²) in [7, 11) is 3.48. The van der Waals surface area contributed by atoms with Gasteiger partial charge in [-0.25, -0.2) is 0 Å². The van der Waals surface area contributed by atoms with Crippen molar-refractivity contribution in [2.24, 2.45) is 5.92 Å². The van der Waals surface area contributed by atoms with Crippen molar-refractivity contribution in [1.82, 2.24) is 10.2 Å². The van der Waals surface area contributed by atoms with Crippen LogP contribution in [-0.4, -0.2) is 50.7 Å². The minimum absolute atomic E-state index is 0. The predicted octanol–water partition coefficient (Wildman–Crippen LogP) is 2.98. The van der Waals surface area contributed by atoms with Crippen LogP contribution < -0.4 is 14.8 Å². The van der Waals surface area contributed by atoms with Gasteiger partial charge >= 0.3 is 0 Å². The van der Waals surface area contributed by atoms with Crippen molar-refractivity contribution in [2.45, 2.75) is 32.7 Å². The molecule has 0 radical (unpaired) electrons. The van der Waals surface area contributed by atoms with Gasteiger partial charge in [0.25, 0.3) is 5.91 Å². The number of nitrogens with one attached hydrogen (secondary N) is 1. The number of nitrogens with zero attached hydrogens (tertiary/aromatic N) is 1. The molecule has 6 heteroatoms. The zero-order valence-electron chi connectivity index (χ0n) is 15.0. The Morgan fingerprint density at radius 1 is 1.29 bits per heavy atom. The summed E-state index contributed by atoms with van der Waals surface area (Å²) in [6, 6.07) is 5.71. The van der Waals surface area contributed by atoms with E-state index in [2.05, 4.69) is 19.2 Å². The Morgan fingerprint density at radius 3 is 2.54 bits per heavy atom. The van der Waals surface area contributed by atoms with E-state index in [-0.39, 0.29) is 18.3 Å². The zero-order valence-corrected chi connectivity index (χ0v) is 15.8.